The normalized spacial score (nSPS) is 23.7. The van der Waals surface area contributed by atoms with E-state index in [1.54, 1.807) is 0 Å². The van der Waals surface area contributed by atoms with E-state index in [4.69, 9.17) is 0 Å². The van der Waals surface area contributed by atoms with Crippen LogP contribution in [0, 0.1) is 0 Å². The summed E-state index contributed by atoms with van der Waals surface area (Å²) in [4.78, 5) is 4.14. The maximum absolute atomic E-state index is 4.14. The van der Waals surface area contributed by atoms with Crippen LogP contribution in [0.5, 0.6) is 0 Å². The van der Waals surface area contributed by atoms with E-state index in [0.29, 0.717) is 12.1 Å². The minimum Gasteiger partial charge on any atom is -0.315 e. The second kappa shape index (κ2) is 5.24. The van der Waals surface area contributed by atoms with E-state index in [1.165, 1.54) is 24.9 Å². The van der Waals surface area contributed by atoms with Crippen molar-refractivity contribution >= 4 is 0 Å². The van der Waals surface area contributed by atoms with Crippen molar-refractivity contribution in [2.45, 2.75) is 31.8 Å². The zero-order chi connectivity index (χ0) is 10.5. The predicted octanol–water partition coefficient (Wildman–Crippen LogP) is 1.48. The van der Waals surface area contributed by atoms with Crippen LogP contribution in [0.4, 0.5) is 0 Å². The van der Waals surface area contributed by atoms with Crippen molar-refractivity contribution in [3.63, 3.8) is 0 Å². The first-order chi connectivity index (χ1) is 7.36. The molecule has 0 spiro atoms. The first-order valence-corrected chi connectivity index (χ1v) is 5.73. The van der Waals surface area contributed by atoms with Gasteiger partial charge in [0.05, 0.1) is 0 Å². The van der Waals surface area contributed by atoms with Crippen LogP contribution in [0.2, 0.25) is 0 Å². The number of piperidine rings is 1. The van der Waals surface area contributed by atoms with Crippen LogP contribution in [0.3, 0.4) is 0 Å². The average Bonchev–Trinajstić information content (AvgIpc) is 2.31. The Morgan fingerprint density at radius 2 is 2.53 bits per heavy atom. The molecular formula is C12H19N3. The van der Waals surface area contributed by atoms with Gasteiger partial charge in [-0.1, -0.05) is 6.07 Å². The fourth-order valence-corrected chi connectivity index (χ4v) is 2.08. The van der Waals surface area contributed by atoms with Gasteiger partial charge in [0.2, 0.25) is 0 Å². The molecule has 2 rings (SSSR count). The molecule has 0 bridgehead atoms. The summed E-state index contributed by atoms with van der Waals surface area (Å²) in [5.74, 6) is 0. The van der Waals surface area contributed by atoms with Gasteiger partial charge in [-0.25, -0.2) is 0 Å². The van der Waals surface area contributed by atoms with E-state index < -0.39 is 0 Å². The SMILES string of the molecule is C[C@H](NC1CCCNC1)c1cccnc1. The molecule has 82 valence electrons. The van der Waals surface area contributed by atoms with Crippen LogP contribution >= 0.6 is 0 Å². The molecule has 1 unspecified atom stereocenters. The molecule has 0 radical (unpaired) electrons. The number of aromatic nitrogens is 1. The summed E-state index contributed by atoms with van der Waals surface area (Å²) in [6.45, 7) is 4.45. The topological polar surface area (TPSA) is 37.0 Å². The van der Waals surface area contributed by atoms with Crippen LogP contribution in [-0.4, -0.2) is 24.1 Å². The lowest BCUT2D eigenvalue weighted by Gasteiger charge is -2.27. The Morgan fingerprint density at radius 3 is 3.20 bits per heavy atom. The number of nitrogens with one attached hydrogen (secondary N) is 2. The quantitative estimate of drug-likeness (QED) is 0.785. The molecular weight excluding hydrogens is 186 g/mol. The van der Waals surface area contributed by atoms with Crippen molar-refractivity contribution in [2.24, 2.45) is 0 Å². The van der Waals surface area contributed by atoms with Gasteiger partial charge >= 0.3 is 0 Å². The fraction of sp³-hybridized carbons (Fsp3) is 0.583. The van der Waals surface area contributed by atoms with Gasteiger partial charge in [-0.15, -0.1) is 0 Å². The minimum absolute atomic E-state index is 0.392. The smallest absolute Gasteiger partial charge is 0.0315 e. The van der Waals surface area contributed by atoms with Gasteiger partial charge in [0.25, 0.3) is 0 Å². The van der Waals surface area contributed by atoms with Crippen molar-refractivity contribution in [1.82, 2.24) is 15.6 Å². The molecule has 1 aromatic rings. The number of pyridine rings is 1. The van der Waals surface area contributed by atoms with Gasteiger partial charge in [-0.2, -0.15) is 0 Å². The monoisotopic (exact) mass is 205 g/mol. The lowest BCUT2D eigenvalue weighted by molar-refractivity contribution is 0.362. The van der Waals surface area contributed by atoms with E-state index in [1.807, 2.05) is 18.5 Å². The highest BCUT2D eigenvalue weighted by Crippen LogP contribution is 2.13. The number of nitrogens with zero attached hydrogens (tertiary/aromatic N) is 1. The first kappa shape index (κ1) is 10.6. The molecule has 0 saturated carbocycles. The van der Waals surface area contributed by atoms with Gasteiger partial charge < -0.3 is 10.6 Å². The Kier molecular flexibility index (Phi) is 3.69. The molecule has 0 amide bonds. The van der Waals surface area contributed by atoms with E-state index in [9.17, 15) is 0 Å². The summed E-state index contributed by atoms with van der Waals surface area (Å²) in [6.07, 6.45) is 6.31. The van der Waals surface area contributed by atoms with Crippen LogP contribution in [0.25, 0.3) is 0 Å². The molecule has 1 aliphatic rings. The Bertz CT molecular complexity index is 280. The third kappa shape index (κ3) is 3.01. The van der Waals surface area contributed by atoms with Crippen molar-refractivity contribution in [2.75, 3.05) is 13.1 Å². The molecule has 3 nitrogen and oxygen atoms in total. The van der Waals surface area contributed by atoms with Crippen molar-refractivity contribution in [3.8, 4) is 0 Å². The van der Waals surface area contributed by atoms with Gasteiger partial charge in [-0.05, 0) is 37.9 Å². The maximum Gasteiger partial charge on any atom is 0.0315 e. The fourth-order valence-electron chi connectivity index (χ4n) is 2.08. The van der Waals surface area contributed by atoms with Crippen LogP contribution < -0.4 is 10.6 Å². The van der Waals surface area contributed by atoms with Crippen LogP contribution in [-0.2, 0) is 0 Å². The summed E-state index contributed by atoms with van der Waals surface area (Å²) in [7, 11) is 0. The van der Waals surface area contributed by atoms with E-state index in [-0.39, 0.29) is 0 Å². The molecule has 1 saturated heterocycles. The van der Waals surface area contributed by atoms with Crippen LogP contribution in [0.15, 0.2) is 24.5 Å². The van der Waals surface area contributed by atoms with E-state index >= 15 is 0 Å². The average molecular weight is 205 g/mol. The van der Waals surface area contributed by atoms with Crippen molar-refractivity contribution in [3.05, 3.63) is 30.1 Å². The molecule has 2 heterocycles. The van der Waals surface area contributed by atoms with E-state index in [2.05, 4.69) is 28.6 Å². The maximum atomic E-state index is 4.14. The second-order valence-electron chi connectivity index (χ2n) is 4.22. The molecule has 2 N–H and O–H groups in total. The van der Waals surface area contributed by atoms with Gasteiger partial charge in [-0.3, -0.25) is 4.98 Å². The summed E-state index contributed by atoms with van der Waals surface area (Å²) < 4.78 is 0. The molecule has 1 fully saturated rings. The molecule has 1 aliphatic heterocycles. The Morgan fingerprint density at radius 1 is 1.60 bits per heavy atom. The Hall–Kier alpha value is -0.930. The Labute approximate surface area is 91.3 Å². The van der Waals surface area contributed by atoms with Crippen molar-refractivity contribution in [1.29, 1.82) is 0 Å². The van der Waals surface area contributed by atoms with E-state index in [0.717, 1.165) is 6.54 Å². The molecule has 0 aliphatic carbocycles. The Balaban J connectivity index is 1.88. The second-order valence-corrected chi connectivity index (χ2v) is 4.22. The minimum atomic E-state index is 0.392. The molecule has 2 atom stereocenters. The lowest BCUT2D eigenvalue weighted by atomic mass is 10.0. The largest absolute Gasteiger partial charge is 0.315 e. The first-order valence-electron chi connectivity index (χ1n) is 5.73. The van der Waals surface area contributed by atoms with Gasteiger partial charge in [0, 0.05) is 31.0 Å². The number of hydrogen-bond donors (Lipinski definition) is 2. The highest BCUT2D eigenvalue weighted by Gasteiger charge is 2.15. The predicted molar refractivity (Wildman–Crippen MR) is 61.7 cm³/mol. The molecule has 15 heavy (non-hydrogen) atoms. The van der Waals surface area contributed by atoms with Crippen molar-refractivity contribution < 1.29 is 0 Å². The summed E-state index contributed by atoms with van der Waals surface area (Å²) >= 11 is 0. The highest BCUT2D eigenvalue weighted by atomic mass is 15.0. The summed E-state index contributed by atoms with van der Waals surface area (Å²) in [5.41, 5.74) is 1.27. The highest BCUT2D eigenvalue weighted by molar-refractivity contribution is 5.13. The van der Waals surface area contributed by atoms with Gasteiger partial charge in [0.1, 0.15) is 0 Å². The zero-order valence-corrected chi connectivity index (χ0v) is 9.24. The standard InChI is InChI=1S/C12H19N3/c1-10(11-4-2-6-13-8-11)15-12-5-3-7-14-9-12/h2,4,6,8,10,12,14-15H,3,5,7,9H2,1H3/t10-,12?/m0/s1. The third-order valence-corrected chi connectivity index (χ3v) is 2.97. The number of hydrogen-bond acceptors (Lipinski definition) is 3. The lowest BCUT2D eigenvalue weighted by Crippen LogP contribution is -2.43. The molecule has 0 aromatic carbocycles. The van der Waals surface area contributed by atoms with Gasteiger partial charge in [0.15, 0.2) is 0 Å². The summed E-state index contributed by atoms with van der Waals surface area (Å²) in [5, 5.41) is 7.05. The molecule has 3 heteroatoms. The number of rotatable bonds is 3. The summed E-state index contributed by atoms with van der Waals surface area (Å²) in [6, 6.07) is 5.12. The van der Waals surface area contributed by atoms with Crippen LogP contribution in [0.1, 0.15) is 31.4 Å². The zero-order valence-electron chi connectivity index (χ0n) is 9.24. The third-order valence-electron chi connectivity index (χ3n) is 2.97. The molecule has 1 aromatic heterocycles.